The average molecular weight is 269 g/mol. The van der Waals surface area contributed by atoms with Gasteiger partial charge in [-0.25, -0.2) is 0 Å². The van der Waals surface area contributed by atoms with Gasteiger partial charge in [-0.3, -0.25) is 4.79 Å². The first-order chi connectivity index (χ1) is 9.60. The molecule has 0 bridgehead atoms. The lowest BCUT2D eigenvalue weighted by atomic mass is 10.0. The van der Waals surface area contributed by atoms with Crippen molar-refractivity contribution in [1.82, 2.24) is 0 Å². The van der Waals surface area contributed by atoms with Crippen LogP contribution in [0.5, 0.6) is 5.75 Å². The van der Waals surface area contributed by atoms with Crippen LogP contribution in [0.3, 0.4) is 0 Å². The molecule has 0 saturated carbocycles. The Morgan fingerprint density at radius 3 is 1.90 bits per heavy atom. The first-order valence-electron chi connectivity index (χ1n) is 6.69. The van der Waals surface area contributed by atoms with Crippen molar-refractivity contribution in [3.05, 3.63) is 59.7 Å². The van der Waals surface area contributed by atoms with Crippen LogP contribution in [0.2, 0.25) is 0 Å². The number of hydrogen-bond acceptors (Lipinski definition) is 3. The summed E-state index contributed by atoms with van der Waals surface area (Å²) in [6.45, 7) is 3.95. The van der Waals surface area contributed by atoms with Crippen LogP contribution in [0.25, 0.3) is 0 Å². The number of nitrogens with one attached hydrogen (secondary N) is 1. The Morgan fingerprint density at radius 1 is 0.950 bits per heavy atom. The second kappa shape index (κ2) is 6.24. The molecule has 0 aliphatic heterocycles. The largest absolute Gasteiger partial charge is 0.491 e. The fraction of sp³-hybridized carbons (Fsp3) is 0.235. The van der Waals surface area contributed by atoms with Gasteiger partial charge in [0.1, 0.15) is 5.75 Å². The third-order valence-corrected chi connectivity index (χ3v) is 2.92. The maximum atomic E-state index is 12.3. The average Bonchev–Trinajstić information content (AvgIpc) is 2.47. The number of anilines is 1. The van der Waals surface area contributed by atoms with Crippen molar-refractivity contribution in [2.24, 2.45) is 0 Å². The number of hydrogen-bond donors (Lipinski definition) is 1. The van der Waals surface area contributed by atoms with Crippen LogP contribution in [0.4, 0.5) is 5.69 Å². The zero-order valence-corrected chi connectivity index (χ0v) is 12.0. The van der Waals surface area contributed by atoms with Crippen molar-refractivity contribution in [1.29, 1.82) is 0 Å². The highest BCUT2D eigenvalue weighted by molar-refractivity contribution is 6.09. The molecule has 2 aromatic carbocycles. The van der Waals surface area contributed by atoms with Gasteiger partial charge in [0.05, 0.1) is 6.10 Å². The van der Waals surface area contributed by atoms with E-state index in [0.717, 1.165) is 11.4 Å². The van der Waals surface area contributed by atoms with Crippen molar-refractivity contribution in [2.75, 3.05) is 12.4 Å². The smallest absolute Gasteiger partial charge is 0.193 e. The molecule has 1 N–H and O–H groups in total. The molecule has 0 heterocycles. The molecular weight excluding hydrogens is 250 g/mol. The molecule has 3 nitrogen and oxygen atoms in total. The van der Waals surface area contributed by atoms with Gasteiger partial charge in [-0.1, -0.05) is 0 Å². The molecule has 20 heavy (non-hydrogen) atoms. The maximum Gasteiger partial charge on any atom is 0.193 e. The minimum absolute atomic E-state index is 0.0174. The fourth-order valence-corrected chi connectivity index (χ4v) is 1.91. The Hall–Kier alpha value is -2.29. The minimum atomic E-state index is 0.0174. The van der Waals surface area contributed by atoms with E-state index in [-0.39, 0.29) is 11.9 Å². The second-order valence-electron chi connectivity index (χ2n) is 4.85. The van der Waals surface area contributed by atoms with Gasteiger partial charge < -0.3 is 10.1 Å². The van der Waals surface area contributed by atoms with Crippen molar-refractivity contribution < 1.29 is 9.53 Å². The summed E-state index contributed by atoms with van der Waals surface area (Å²) in [6, 6.07) is 14.7. The topological polar surface area (TPSA) is 38.3 Å². The van der Waals surface area contributed by atoms with Crippen molar-refractivity contribution >= 4 is 11.5 Å². The highest BCUT2D eigenvalue weighted by atomic mass is 16.5. The number of carbonyl (C=O) groups excluding carboxylic acids is 1. The predicted octanol–water partition coefficient (Wildman–Crippen LogP) is 3.75. The molecule has 104 valence electrons. The van der Waals surface area contributed by atoms with Crippen LogP contribution >= 0.6 is 0 Å². The van der Waals surface area contributed by atoms with Crippen molar-refractivity contribution in [3.63, 3.8) is 0 Å². The summed E-state index contributed by atoms with van der Waals surface area (Å²) >= 11 is 0. The fourth-order valence-electron chi connectivity index (χ4n) is 1.91. The van der Waals surface area contributed by atoms with E-state index in [1.165, 1.54) is 0 Å². The SMILES string of the molecule is CNc1ccc(C(=O)c2ccc(OC(C)C)cc2)cc1. The molecule has 0 fully saturated rings. The first-order valence-corrected chi connectivity index (χ1v) is 6.69. The van der Waals surface area contributed by atoms with E-state index in [1.807, 2.05) is 57.3 Å². The van der Waals surface area contributed by atoms with Crippen LogP contribution in [0.15, 0.2) is 48.5 Å². The number of carbonyl (C=O) groups is 1. The molecule has 0 spiro atoms. The van der Waals surface area contributed by atoms with Gasteiger partial charge in [-0.15, -0.1) is 0 Å². The van der Waals surface area contributed by atoms with E-state index in [2.05, 4.69) is 5.32 Å². The maximum absolute atomic E-state index is 12.3. The van der Waals surface area contributed by atoms with Gasteiger partial charge in [0.2, 0.25) is 0 Å². The van der Waals surface area contributed by atoms with E-state index in [4.69, 9.17) is 4.74 Å². The third-order valence-electron chi connectivity index (χ3n) is 2.92. The zero-order valence-electron chi connectivity index (χ0n) is 12.0. The van der Waals surface area contributed by atoms with Crippen molar-refractivity contribution in [3.8, 4) is 5.75 Å². The van der Waals surface area contributed by atoms with Gasteiger partial charge in [0.25, 0.3) is 0 Å². The van der Waals surface area contributed by atoms with Crippen LogP contribution < -0.4 is 10.1 Å². The highest BCUT2D eigenvalue weighted by Gasteiger charge is 2.09. The molecule has 3 heteroatoms. The van der Waals surface area contributed by atoms with E-state index in [9.17, 15) is 4.79 Å². The summed E-state index contributed by atoms with van der Waals surface area (Å²) < 4.78 is 5.57. The molecule has 0 aliphatic rings. The molecular formula is C17H19NO2. The van der Waals surface area contributed by atoms with E-state index in [1.54, 1.807) is 12.1 Å². The zero-order chi connectivity index (χ0) is 14.5. The lowest BCUT2D eigenvalue weighted by Crippen LogP contribution is -2.06. The standard InChI is InChI=1S/C17H19NO2/c1-12(2)20-16-10-6-14(7-11-16)17(19)13-4-8-15(18-3)9-5-13/h4-12,18H,1-3H3. The van der Waals surface area contributed by atoms with Crippen LogP contribution in [0.1, 0.15) is 29.8 Å². The molecule has 0 aromatic heterocycles. The van der Waals surface area contributed by atoms with Gasteiger partial charge in [0.15, 0.2) is 5.78 Å². The second-order valence-corrected chi connectivity index (χ2v) is 4.85. The Balaban J connectivity index is 2.15. The molecule has 2 rings (SSSR count). The lowest BCUT2D eigenvalue weighted by molar-refractivity contribution is 0.103. The molecule has 0 unspecified atom stereocenters. The summed E-state index contributed by atoms with van der Waals surface area (Å²) in [5.41, 5.74) is 2.34. The van der Waals surface area contributed by atoms with Gasteiger partial charge in [-0.2, -0.15) is 0 Å². The van der Waals surface area contributed by atoms with Crippen molar-refractivity contribution in [2.45, 2.75) is 20.0 Å². The normalized spacial score (nSPS) is 10.4. The summed E-state index contributed by atoms with van der Waals surface area (Å²) in [5.74, 6) is 0.797. The Kier molecular flexibility index (Phi) is 4.41. The van der Waals surface area contributed by atoms with E-state index >= 15 is 0 Å². The highest BCUT2D eigenvalue weighted by Crippen LogP contribution is 2.17. The molecule has 0 atom stereocenters. The van der Waals surface area contributed by atoms with E-state index in [0.29, 0.717) is 11.1 Å². The van der Waals surface area contributed by atoms with Crippen LogP contribution in [0, 0.1) is 0 Å². The Labute approximate surface area is 119 Å². The number of ketones is 1. The van der Waals surface area contributed by atoms with Gasteiger partial charge in [-0.05, 0) is 62.4 Å². The summed E-state index contributed by atoms with van der Waals surface area (Å²) in [4.78, 5) is 12.3. The monoisotopic (exact) mass is 269 g/mol. The van der Waals surface area contributed by atoms with E-state index < -0.39 is 0 Å². The summed E-state index contributed by atoms with van der Waals surface area (Å²) in [5, 5.41) is 3.03. The third kappa shape index (κ3) is 3.38. The lowest BCUT2D eigenvalue weighted by Gasteiger charge is -2.10. The summed E-state index contributed by atoms with van der Waals surface area (Å²) in [7, 11) is 1.85. The summed E-state index contributed by atoms with van der Waals surface area (Å²) in [6.07, 6.45) is 0.130. The quantitative estimate of drug-likeness (QED) is 0.840. The van der Waals surface area contributed by atoms with Gasteiger partial charge in [0, 0.05) is 23.9 Å². The Morgan fingerprint density at radius 2 is 1.45 bits per heavy atom. The predicted molar refractivity (Wildman–Crippen MR) is 81.6 cm³/mol. The number of benzene rings is 2. The van der Waals surface area contributed by atoms with Gasteiger partial charge >= 0.3 is 0 Å². The minimum Gasteiger partial charge on any atom is -0.491 e. The van der Waals surface area contributed by atoms with Crippen LogP contribution in [-0.2, 0) is 0 Å². The molecule has 0 amide bonds. The number of rotatable bonds is 5. The number of ether oxygens (including phenoxy) is 1. The molecule has 2 aromatic rings. The molecule has 0 aliphatic carbocycles. The van der Waals surface area contributed by atoms with Crippen LogP contribution in [-0.4, -0.2) is 18.9 Å². The Bertz CT molecular complexity index is 571. The molecule has 0 radical (unpaired) electrons. The molecule has 0 saturated heterocycles. The first kappa shape index (κ1) is 14.1.